The van der Waals surface area contributed by atoms with Crippen LogP contribution in [0.5, 0.6) is 0 Å². The molecule has 0 bridgehead atoms. The minimum absolute atomic E-state index is 0. The maximum Gasteiger partial charge on any atom is 0.230 e. The zero-order chi connectivity index (χ0) is 14.2. The first-order valence-electron chi connectivity index (χ1n) is 7.49. The SMILES string of the molecule is Cc1ncsc1CN(C)C(=O)[C@@]12CCCC[C@H]1CNC2.Cl.Cl. The number of halogens is 2. The molecule has 2 aliphatic rings. The number of hydrogen-bond acceptors (Lipinski definition) is 4. The van der Waals surface area contributed by atoms with Crippen LogP contribution in [0.2, 0.25) is 0 Å². The average molecular weight is 366 g/mol. The van der Waals surface area contributed by atoms with Gasteiger partial charge in [0.2, 0.25) is 5.91 Å². The second kappa shape index (κ2) is 7.95. The molecular weight excluding hydrogens is 341 g/mol. The van der Waals surface area contributed by atoms with Gasteiger partial charge in [-0.2, -0.15) is 0 Å². The number of thiazole rings is 1. The van der Waals surface area contributed by atoms with Gasteiger partial charge in [0.05, 0.1) is 23.2 Å². The van der Waals surface area contributed by atoms with Crippen molar-refractivity contribution in [2.24, 2.45) is 11.3 Å². The molecule has 0 spiro atoms. The largest absolute Gasteiger partial charge is 0.340 e. The Hall–Kier alpha value is -0.360. The number of hydrogen-bond donors (Lipinski definition) is 1. The van der Waals surface area contributed by atoms with Gasteiger partial charge >= 0.3 is 0 Å². The molecule has 0 aromatic carbocycles. The van der Waals surface area contributed by atoms with Crippen LogP contribution >= 0.6 is 36.2 Å². The standard InChI is InChI=1S/C15H23N3OS.2ClH/c1-11-13(20-10-17-11)8-18(2)14(19)15-6-4-3-5-12(15)7-16-9-15;;/h10,12,16H,3-9H2,1-2H3;2*1H/t12-,15+;;/m0../s1. The number of nitrogens with zero attached hydrogens (tertiary/aromatic N) is 2. The van der Waals surface area contributed by atoms with Crippen molar-refractivity contribution in [1.29, 1.82) is 0 Å². The van der Waals surface area contributed by atoms with Crippen molar-refractivity contribution in [2.45, 2.75) is 39.2 Å². The molecule has 126 valence electrons. The molecule has 0 unspecified atom stereocenters. The summed E-state index contributed by atoms with van der Waals surface area (Å²) in [6.07, 6.45) is 4.72. The topological polar surface area (TPSA) is 45.2 Å². The summed E-state index contributed by atoms with van der Waals surface area (Å²) >= 11 is 1.64. The van der Waals surface area contributed by atoms with Crippen LogP contribution in [0.25, 0.3) is 0 Å². The Morgan fingerprint density at radius 2 is 2.27 bits per heavy atom. The van der Waals surface area contributed by atoms with Crippen molar-refractivity contribution < 1.29 is 4.79 Å². The number of carbonyl (C=O) groups is 1. The van der Waals surface area contributed by atoms with E-state index in [4.69, 9.17) is 0 Å². The number of rotatable bonds is 3. The summed E-state index contributed by atoms with van der Waals surface area (Å²) in [5, 5.41) is 3.45. The lowest BCUT2D eigenvalue weighted by Crippen LogP contribution is -2.48. The van der Waals surface area contributed by atoms with E-state index in [0.717, 1.165) is 25.2 Å². The number of carbonyl (C=O) groups excluding carboxylic acids is 1. The van der Waals surface area contributed by atoms with Gasteiger partial charge in [-0.1, -0.05) is 12.8 Å². The van der Waals surface area contributed by atoms with Crippen LogP contribution in [0.3, 0.4) is 0 Å². The maximum atomic E-state index is 13.0. The molecule has 7 heteroatoms. The van der Waals surface area contributed by atoms with Crippen LogP contribution in [0.4, 0.5) is 0 Å². The number of fused-ring (bicyclic) bond motifs is 1. The lowest BCUT2D eigenvalue weighted by atomic mass is 9.67. The van der Waals surface area contributed by atoms with Gasteiger partial charge < -0.3 is 10.2 Å². The number of aromatic nitrogens is 1. The van der Waals surface area contributed by atoms with E-state index in [0.29, 0.717) is 18.4 Å². The molecule has 2 atom stereocenters. The fourth-order valence-corrected chi connectivity index (χ4v) is 4.64. The summed E-state index contributed by atoms with van der Waals surface area (Å²) in [6.45, 7) is 4.59. The average Bonchev–Trinajstić information content (AvgIpc) is 3.05. The molecule has 22 heavy (non-hydrogen) atoms. The lowest BCUT2D eigenvalue weighted by Gasteiger charge is -2.39. The van der Waals surface area contributed by atoms with Crippen LogP contribution in [0.1, 0.15) is 36.3 Å². The number of nitrogens with one attached hydrogen (secondary N) is 1. The van der Waals surface area contributed by atoms with E-state index in [9.17, 15) is 4.79 Å². The minimum Gasteiger partial charge on any atom is -0.340 e. The first-order valence-corrected chi connectivity index (χ1v) is 8.37. The van der Waals surface area contributed by atoms with E-state index >= 15 is 0 Å². The van der Waals surface area contributed by atoms with Crippen LogP contribution in [0.15, 0.2) is 5.51 Å². The Labute approximate surface area is 148 Å². The summed E-state index contributed by atoms with van der Waals surface area (Å²) in [5.74, 6) is 0.869. The number of amides is 1. The van der Waals surface area contributed by atoms with Crippen molar-refractivity contribution in [1.82, 2.24) is 15.2 Å². The molecule has 2 fully saturated rings. The molecule has 1 aromatic heterocycles. The molecule has 1 N–H and O–H groups in total. The predicted octanol–water partition coefficient (Wildman–Crippen LogP) is 3.03. The molecular formula is C15H25Cl2N3OS. The first kappa shape index (κ1) is 19.7. The Kier molecular flexibility index (Phi) is 7.12. The molecule has 1 aromatic rings. The highest BCUT2D eigenvalue weighted by Gasteiger charge is 2.50. The zero-order valence-electron chi connectivity index (χ0n) is 13.1. The molecule has 1 aliphatic carbocycles. The predicted molar refractivity (Wildman–Crippen MR) is 95.1 cm³/mol. The van der Waals surface area contributed by atoms with E-state index in [1.165, 1.54) is 24.1 Å². The Balaban J connectivity index is 0.00000121. The number of aryl methyl sites for hydroxylation is 1. The van der Waals surface area contributed by atoms with Gasteiger partial charge in [0.15, 0.2) is 0 Å². The maximum absolute atomic E-state index is 13.0. The Morgan fingerprint density at radius 3 is 2.95 bits per heavy atom. The van der Waals surface area contributed by atoms with Gasteiger partial charge in [-0.3, -0.25) is 4.79 Å². The van der Waals surface area contributed by atoms with E-state index in [2.05, 4.69) is 10.3 Å². The highest BCUT2D eigenvalue weighted by Crippen LogP contribution is 2.45. The van der Waals surface area contributed by atoms with Crippen LogP contribution < -0.4 is 5.32 Å². The second-order valence-electron chi connectivity index (χ2n) is 6.25. The molecule has 1 aliphatic heterocycles. The summed E-state index contributed by atoms with van der Waals surface area (Å²) in [6, 6.07) is 0. The molecule has 4 nitrogen and oxygen atoms in total. The monoisotopic (exact) mass is 365 g/mol. The highest BCUT2D eigenvalue weighted by atomic mass is 35.5. The highest BCUT2D eigenvalue weighted by molar-refractivity contribution is 7.09. The van der Waals surface area contributed by atoms with Gasteiger partial charge in [-0.05, 0) is 32.2 Å². The summed E-state index contributed by atoms with van der Waals surface area (Å²) < 4.78 is 0. The van der Waals surface area contributed by atoms with Gasteiger partial charge in [0, 0.05) is 18.5 Å². The normalized spacial score (nSPS) is 26.5. The van der Waals surface area contributed by atoms with Crippen molar-refractivity contribution in [3.8, 4) is 0 Å². The quantitative estimate of drug-likeness (QED) is 0.895. The smallest absolute Gasteiger partial charge is 0.230 e. The molecule has 3 rings (SSSR count). The fraction of sp³-hybridized carbons (Fsp3) is 0.733. The molecule has 1 saturated heterocycles. The van der Waals surface area contributed by atoms with Crippen molar-refractivity contribution >= 4 is 42.1 Å². The van der Waals surface area contributed by atoms with Gasteiger partial charge in [0.25, 0.3) is 0 Å². The third-order valence-electron chi connectivity index (χ3n) is 5.04. The fourth-order valence-electron chi connectivity index (χ4n) is 3.81. The van der Waals surface area contributed by atoms with Crippen LogP contribution in [-0.2, 0) is 11.3 Å². The summed E-state index contributed by atoms with van der Waals surface area (Å²) in [4.78, 5) is 20.4. The third kappa shape index (κ3) is 3.42. The second-order valence-corrected chi connectivity index (χ2v) is 7.19. The lowest BCUT2D eigenvalue weighted by molar-refractivity contribution is -0.144. The van der Waals surface area contributed by atoms with Crippen LogP contribution in [0, 0.1) is 18.3 Å². The molecule has 0 radical (unpaired) electrons. The Bertz CT molecular complexity index is 511. The molecule has 1 saturated carbocycles. The van der Waals surface area contributed by atoms with E-state index in [1.54, 1.807) is 11.3 Å². The molecule has 1 amide bonds. The van der Waals surface area contributed by atoms with Gasteiger partial charge in [-0.25, -0.2) is 4.98 Å². The van der Waals surface area contributed by atoms with E-state index in [1.807, 2.05) is 24.4 Å². The van der Waals surface area contributed by atoms with Gasteiger partial charge in [0.1, 0.15) is 0 Å². The van der Waals surface area contributed by atoms with E-state index < -0.39 is 0 Å². The van der Waals surface area contributed by atoms with Crippen molar-refractivity contribution in [3.63, 3.8) is 0 Å². The Morgan fingerprint density at radius 1 is 1.50 bits per heavy atom. The van der Waals surface area contributed by atoms with Crippen molar-refractivity contribution in [2.75, 3.05) is 20.1 Å². The van der Waals surface area contributed by atoms with Crippen LogP contribution in [-0.4, -0.2) is 35.9 Å². The van der Waals surface area contributed by atoms with Crippen molar-refractivity contribution in [3.05, 3.63) is 16.1 Å². The first-order chi connectivity index (χ1) is 9.63. The zero-order valence-corrected chi connectivity index (χ0v) is 15.6. The van der Waals surface area contributed by atoms with Gasteiger partial charge in [-0.15, -0.1) is 36.2 Å². The molecule has 2 heterocycles. The summed E-state index contributed by atoms with van der Waals surface area (Å²) in [7, 11) is 1.94. The van der Waals surface area contributed by atoms with E-state index in [-0.39, 0.29) is 30.2 Å². The minimum atomic E-state index is -0.133. The third-order valence-corrected chi connectivity index (χ3v) is 5.96. The summed E-state index contributed by atoms with van der Waals surface area (Å²) in [5.41, 5.74) is 2.78.